The number of fused-ring (bicyclic) bond motifs is 5. The number of hydrogen-bond acceptors (Lipinski definition) is 7. The Balaban J connectivity index is 1.40. The summed E-state index contributed by atoms with van der Waals surface area (Å²) in [4.78, 5) is 38.5. The zero-order valence-electron chi connectivity index (χ0n) is 22.8. The number of aliphatic hydroxyl groups is 1. The number of halogens is 2. The van der Waals surface area contributed by atoms with E-state index in [0.29, 0.717) is 32.1 Å². The molecular weight excluding hydrogens is 508 g/mol. The molecule has 0 bridgehead atoms. The Morgan fingerprint density at radius 3 is 2.54 bits per heavy atom. The Bertz CT molecular complexity index is 1190. The molecule has 0 spiro atoms. The quantitative estimate of drug-likeness (QED) is 0.513. The summed E-state index contributed by atoms with van der Waals surface area (Å²) in [6, 6.07) is 1.71. The number of alkyl halides is 2. The van der Waals surface area contributed by atoms with Crippen molar-refractivity contribution in [3.05, 3.63) is 23.8 Å². The zero-order chi connectivity index (χ0) is 28.4. The van der Waals surface area contributed by atoms with Gasteiger partial charge in [-0.05, 0) is 88.9 Å². The third-order valence-electron chi connectivity index (χ3n) is 11.2. The van der Waals surface area contributed by atoms with Crippen molar-refractivity contribution in [2.24, 2.45) is 28.1 Å². The average Bonchev–Trinajstić information content (AvgIpc) is 3.22. The number of rotatable bonds is 4. The molecule has 5 rings (SSSR count). The Morgan fingerprint density at radius 2 is 1.82 bits per heavy atom. The molecule has 0 aromatic carbocycles. The first-order valence-electron chi connectivity index (χ1n) is 14.0. The molecule has 1 N–H and O–H groups in total. The van der Waals surface area contributed by atoms with Gasteiger partial charge in [0.2, 0.25) is 0 Å². The van der Waals surface area contributed by atoms with Crippen LogP contribution in [0.15, 0.2) is 23.8 Å². The molecule has 0 aliphatic heterocycles. The lowest BCUT2D eigenvalue weighted by molar-refractivity contribution is -0.208. The first kappa shape index (κ1) is 27.9. The van der Waals surface area contributed by atoms with E-state index in [9.17, 15) is 19.5 Å². The molecule has 0 amide bonds. The highest BCUT2D eigenvalue weighted by Crippen LogP contribution is 2.68. The van der Waals surface area contributed by atoms with Crippen LogP contribution in [-0.2, 0) is 23.9 Å². The van der Waals surface area contributed by atoms with Crippen molar-refractivity contribution in [3.8, 4) is 6.07 Å². The molecular formula is C30H37F2NO6. The summed E-state index contributed by atoms with van der Waals surface area (Å²) in [5.41, 5.74) is -7.02. The number of carbonyl (C=O) groups excluding carboxylic acids is 3. The van der Waals surface area contributed by atoms with Crippen LogP contribution in [0.25, 0.3) is 0 Å². The number of ketones is 1. The fourth-order valence-corrected chi connectivity index (χ4v) is 8.64. The Hall–Kier alpha value is -2.60. The van der Waals surface area contributed by atoms with Crippen LogP contribution < -0.4 is 0 Å². The second-order valence-corrected chi connectivity index (χ2v) is 12.9. The first-order chi connectivity index (χ1) is 18.3. The molecule has 9 atom stereocenters. The molecule has 2 unspecified atom stereocenters. The highest BCUT2D eigenvalue weighted by molar-refractivity contribution is 6.01. The Kier molecular flexibility index (Phi) is 6.61. The van der Waals surface area contributed by atoms with Crippen LogP contribution >= 0.6 is 0 Å². The molecule has 0 aromatic rings. The second-order valence-electron chi connectivity index (χ2n) is 12.9. The van der Waals surface area contributed by atoms with E-state index in [1.165, 1.54) is 25.2 Å². The van der Waals surface area contributed by atoms with Gasteiger partial charge < -0.3 is 14.6 Å². The predicted octanol–water partition coefficient (Wildman–Crippen LogP) is 4.62. The zero-order valence-corrected chi connectivity index (χ0v) is 22.8. The van der Waals surface area contributed by atoms with E-state index < -0.39 is 64.3 Å². The van der Waals surface area contributed by atoms with Crippen molar-refractivity contribution < 1.29 is 37.7 Å². The van der Waals surface area contributed by atoms with E-state index in [2.05, 4.69) is 0 Å². The van der Waals surface area contributed by atoms with Gasteiger partial charge in [0.1, 0.15) is 29.4 Å². The number of esters is 2. The van der Waals surface area contributed by atoms with Gasteiger partial charge >= 0.3 is 11.9 Å². The Morgan fingerprint density at radius 1 is 1.10 bits per heavy atom. The van der Waals surface area contributed by atoms with Gasteiger partial charge in [0, 0.05) is 16.7 Å². The molecule has 0 aromatic heterocycles. The summed E-state index contributed by atoms with van der Waals surface area (Å²) >= 11 is 0. The van der Waals surface area contributed by atoms with Crippen LogP contribution in [0.2, 0.25) is 0 Å². The molecule has 7 nitrogen and oxygen atoms in total. The molecule has 0 heterocycles. The minimum atomic E-state index is -2.12. The lowest BCUT2D eigenvalue weighted by Gasteiger charge is -2.60. The minimum absolute atomic E-state index is 0.0161. The van der Waals surface area contributed by atoms with Crippen molar-refractivity contribution in [1.29, 1.82) is 5.26 Å². The standard InChI is InChI=1S/C30H37F2NO6/c1-26-12-13-29(32)20(17-22(31)21-16-18(34)8-11-27(21,29)2)19(26)6-7-23(26)39-24(35)28(3)9-4-5-10-30(28,37)25(36)38-15-14-33/h8,11,16,19-20,22-23,37H,4-7,9-10,12-13,15,17H2,1-3H3/t19-,20-,22-,23+,26-,27-,28?,29+,30?/m0/s1. The lowest BCUT2D eigenvalue weighted by atomic mass is 9.46. The molecule has 0 radical (unpaired) electrons. The SMILES string of the molecule is CC1(C(=O)O[C@@H]2CC[C@H]3[C@@H]4C[C@H](F)C5=CC(=O)C=C[C@]5(C)[C@@]4(F)CC[C@]23C)CCCCC1(O)C(=O)OCC#N. The van der Waals surface area contributed by atoms with E-state index in [4.69, 9.17) is 14.7 Å². The minimum Gasteiger partial charge on any atom is -0.461 e. The van der Waals surface area contributed by atoms with Crippen LogP contribution in [0, 0.1) is 39.4 Å². The normalized spacial score (nSPS) is 46.7. The average molecular weight is 546 g/mol. The van der Waals surface area contributed by atoms with Crippen molar-refractivity contribution in [2.45, 2.75) is 102 Å². The summed E-state index contributed by atoms with van der Waals surface area (Å²) in [5, 5.41) is 20.2. The van der Waals surface area contributed by atoms with Crippen molar-refractivity contribution in [2.75, 3.05) is 6.61 Å². The van der Waals surface area contributed by atoms with Crippen LogP contribution in [0.1, 0.15) is 78.6 Å². The number of carbonyl (C=O) groups is 3. The van der Waals surface area contributed by atoms with Gasteiger partial charge in [-0.3, -0.25) is 9.59 Å². The summed E-state index contributed by atoms with van der Waals surface area (Å²) in [6.07, 6.45) is 5.02. The van der Waals surface area contributed by atoms with Crippen LogP contribution in [0.4, 0.5) is 8.78 Å². The molecule has 4 fully saturated rings. The topological polar surface area (TPSA) is 114 Å². The second kappa shape index (κ2) is 9.22. The smallest absolute Gasteiger partial charge is 0.340 e. The molecule has 5 aliphatic carbocycles. The van der Waals surface area contributed by atoms with Gasteiger partial charge in [0.15, 0.2) is 18.0 Å². The maximum atomic E-state index is 17.1. The van der Waals surface area contributed by atoms with Crippen molar-refractivity contribution >= 4 is 17.7 Å². The fraction of sp³-hybridized carbons (Fsp3) is 0.733. The number of hydrogen-bond donors (Lipinski definition) is 1. The molecule has 0 saturated heterocycles. The van der Waals surface area contributed by atoms with E-state index >= 15 is 8.78 Å². The number of allylic oxidation sites excluding steroid dienone is 4. The van der Waals surface area contributed by atoms with Gasteiger partial charge in [-0.25, -0.2) is 13.6 Å². The van der Waals surface area contributed by atoms with E-state index in [1.54, 1.807) is 13.0 Å². The maximum Gasteiger partial charge on any atom is 0.340 e. The molecule has 4 saturated carbocycles. The number of nitrogens with zero attached hydrogens (tertiary/aromatic N) is 1. The van der Waals surface area contributed by atoms with Gasteiger partial charge in [-0.2, -0.15) is 5.26 Å². The fourth-order valence-electron chi connectivity index (χ4n) is 8.64. The summed E-state index contributed by atoms with van der Waals surface area (Å²) in [6.45, 7) is 4.63. The van der Waals surface area contributed by atoms with Gasteiger partial charge in [-0.1, -0.05) is 19.4 Å². The molecule has 212 valence electrons. The van der Waals surface area contributed by atoms with Crippen LogP contribution in [-0.4, -0.2) is 53.0 Å². The largest absolute Gasteiger partial charge is 0.461 e. The number of nitriles is 1. The van der Waals surface area contributed by atoms with Gasteiger partial charge in [-0.15, -0.1) is 0 Å². The van der Waals surface area contributed by atoms with E-state index in [0.717, 1.165) is 0 Å². The third kappa shape index (κ3) is 3.77. The molecule has 5 aliphatic rings. The summed E-state index contributed by atoms with van der Waals surface area (Å²) in [7, 11) is 0. The third-order valence-corrected chi connectivity index (χ3v) is 11.2. The van der Waals surface area contributed by atoms with Crippen LogP contribution in [0.5, 0.6) is 0 Å². The number of ether oxygens (including phenoxy) is 2. The molecule has 9 heteroatoms. The first-order valence-corrected chi connectivity index (χ1v) is 14.0. The van der Waals surface area contributed by atoms with Crippen molar-refractivity contribution in [1.82, 2.24) is 0 Å². The maximum absolute atomic E-state index is 17.1. The summed E-state index contributed by atoms with van der Waals surface area (Å²) < 4.78 is 43.6. The monoisotopic (exact) mass is 545 g/mol. The molecule has 39 heavy (non-hydrogen) atoms. The van der Waals surface area contributed by atoms with E-state index in [-0.39, 0.29) is 43.0 Å². The van der Waals surface area contributed by atoms with Crippen molar-refractivity contribution in [3.63, 3.8) is 0 Å². The Labute approximate surface area is 227 Å². The van der Waals surface area contributed by atoms with E-state index in [1.807, 2.05) is 6.92 Å². The highest BCUT2D eigenvalue weighted by atomic mass is 19.1. The lowest BCUT2D eigenvalue weighted by Crippen LogP contribution is -2.63. The summed E-state index contributed by atoms with van der Waals surface area (Å²) in [5.74, 6) is -2.90. The van der Waals surface area contributed by atoms with Gasteiger partial charge in [0.25, 0.3) is 0 Å². The highest BCUT2D eigenvalue weighted by Gasteiger charge is 2.69. The van der Waals surface area contributed by atoms with Gasteiger partial charge in [0.05, 0.1) is 0 Å². The van der Waals surface area contributed by atoms with Crippen LogP contribution in [0.3, 0.4) is 0 Å². The predicted molar refractivity (Wildman–Crippen MR) is 135 cm³/mol.